The van der Waals surface area contributed by atoms with Crippen molar-refractivity contribution in [3.63, 3.8) is 0 Å². The highest BCUT2D eigenvalue weighted by atomic mass is 16.2. The van der Waals surface area contributed by atoms with Gasteiger partial charge in [0.15, 0.2) is 0 Å². The van der Waals surface area contributed by atoms with E-state index in [0.29, 0.717) is 6.54 Å². The lowest BCUT2D eigenvalue weighted by atomic mass is 9.93. The molecule has 142 valence electrons. The van der Waals surface area contributed by atoms with Gasteiger partial charge in [-0.3, -0.25) is 0 Å². The number of urea groups is 1. The summed E-state index contributed by atoms with van der Waals surface area (Å²) in [7, 11) is 0. The molecule has 4 nitrogen and oxygen atoms in total. The van der Waals surface area contributed by atoms with E-state index in [0.717, 1.165) is 31.8 Å². The average Bonchev–Trinajstić information content (AvgIpc) is 3.39. The van der Waals surface area contributed by atoms with Crippen molar-refractivity contribution in [2.24, 2.45) is 0 Å². The van der Waals surface area contributed by atoms with Crippen molar-refractivity contribution in [3.05, 3.63) is 63.7 Å². The number of amides is 2. The largest absolute Gasteiger partial charge is 0.337 e. The summed E-state index contributed by atoms with van der Waals surface area (Å²) in [5.41, 5.74) is 3.52. The summed E-state index contributed by atoms with van der Waals surface area (Å²) in [6.45, 7) is 3.94. The second-order valence-electron chi connectivity index (χ2n) is 7.76. The molecule has 2 aromatic carbocycles. The van der Waals surface area contributed by atoms with Crippen LogP contribution in [0.25, 0.3) is 29.0 Å². The van der Waals surface area contributed by atoms with Crippen LogP contribution in [-0.2, 0) is 6.42 Å². The SMILES string of the molecule is O=C(NCCN1CCCC1)NC1=CCc2c(ccc3c4c(ccc23)=CC=C4)=C1. The first-order chi connectivity index (χ1) is 13.8. The van der Waals surface area contributed by atoms with E-state index in [1.165, 1.54) is 45.2 Å². The standard InChI is InChI=1S/C24H25N3O/c28-24(25-12-15-27-13-1-2-14-27)26-19-8-11-21-18(16-19)7-10-22-20-5-3-4-17(20)6-9-23(21)22/h3-10,16H,1-2,11-15H2,(H2,25,26,28). The molecular formula is C24H25N3O. The molecule has 1 saturated heterocycles. The molecule has 0 spiro atoms. The number of allylic oxidation sites excluding steroid dienone is 3. The van der Waals surface area contributed by atoms with Crippen molar-refractivity contribution >= 4 is 35.0 Å². The lowest BCUT2D eigenvalue weighted by Gasteiger charge is -2.17. The third kappa shape index (κ3) is 3.25. The molecule has 3 aliphatic rings. The summed E-state index contributed by atoms with van der Waals surface area (Å²) in [5, 5.41) is 11.1. The molecule has 0 unspecified atom stereocenters. The Balaban J connectivity index is 1.30. The van der Waals surface area contributed by atoms with Gasteiger partial charge in [-0.1, -0.05) is 48.6 Å². The number of benzene rings is 2. The van der Waals surface area contributed by atoms with Gasteiger partial charge in [0, 0.05) is 18.8 Å². The molecule has 1 heterocycles. The van der Waals surface area contributed by atoms with Gasteiger partial charge in [-0.15, -0.1) is 0 Å². The summed E-state index contributed by atoms with van der Waals surface area (Å²) >= 11 is 0. The zero-order chi connectivity index (χ0) is 18.9. The summed E-state index contributed by atoms with van der Waals surface area (Å²) in [5.74, 6) is 0. The number of hydrogen-bond acceptors (Lipinski definition) is 2. The third-order valence-corrected chi connectivity index (χ3v) is 5.97. The number of carbonyl (C=O) groups is 1. The maximum Gasteiger partial charge on any atom is 0.319 e. The average molecular weight is 371 g/mol. The summed E-state index contributed by atoms with van der Waals surface area (Å²) < 4.78 is 0. The van der Waals surface area contributed by atoms with Crippen molar-refractivity contribution in [2.45, 2.75) is 19.3 Å². The lowest BCUT2D eigenvalue weighted by molar-refractivity contribution is 0.241. The van der Waals surface area contributed by atoms with Gasteiger partial charge < -0.3 is 15.5 Å². The third-order valence-electron chi connectivity index (χ3n) is 5.97. The number of carbonyl (C=O) groups excluding carboxylic acids is 1. The van der Waals surface area contributed by atoms with Crippen LogP contribution in [0.4, 0.5) is 4.79 Å². The second kappa shape index (κ2) is 7.28. The minimum atomic E-state index is -0.121. The predicted molar refractivity (Wildman–Crippen MR) is 115 cm³/mol. The normalized spacial score (nSPS) is 17.5. The smallest absolute Gasteiger partial charge is 0.319 e. The topological polar surface area (TPSA) is 44.4 Å². The number of rotatable bonds is 4. The van der Waals surface area contributed by atoms with Crippen LogP contribution < -0.4 is 21.1 Å². The van der Waals surface area contributed by atoms with Gasteiger partial charge in [0.25, 0.3) is 0 Å². The van der Waals surface area contributed by atoms with Crippen molar-refractivity contribution in [3.8, 4) is 0 Å². The molecule has 0 bridgehead atoms. The molecule has 0 aromatic heterocycles. The Morgan fingerprint density at radius 2 is 1.86 bits per heavy atom. The minimum absolute atomic E-state index is 0.121. The van der Waals surface area contributed by atoms with E-state index in [1.54, 1.807) is 0 Å². The lowest BCUT2D eigenvalue weighted by Crippen LogP contribution is -2.39. The van der Waals surface area contributed by atoms with Gasteiger partial charge in [-0.2, -0.15) is 0 Å². The van der Waals surface area contributed by atoms with Crippen LogP contribution in [0.15, 0.2) is 42.1 Å². The fourth-order valence-electron chi connectivity index (χ4n) is 4.50. The minimum Gasteiger partial charge on any atom is -0.337 e. The fraction of sp³-hybridized carbons (Fsp3) is 0.292. The molecule has 2 amide bonds. The van der Waals surface area contributed by atoms with Crippen LogP contribution in [0.1, 0.15) is 24.0 Å². The van der Waals surface area contributed by atoms with Gasteiger partial charge >= 0.3 is 6.03 Å². The van der Waals surface area contributed by atoms with E-state index in [1.807, 2.05) is 0 Å². The first-order valence-corrected chi connectivity index (χ1v) is 10.2. The maximum absolute atomic E-state index is 12.2. The molecule has 28 heavy (non-hydrogen) atoms. The Labute approximate surface area is 164 Å². The van der Waals surface area contributed by atoms with Crippen LogP contribution in [0, 0.1) is 0 Å². The highest BCUT2D eigenvalue weighted by Crippen LogP contribution is 2.22. The van der Waals surface area contributed by atoms with Gasteiger partial charge in [-0.05, 0) is 70.8 Å². The quantitative estimate of drug-likeness (QED) is 0.866. The number of fused-ring (bicyclic) bond motifs is 5. The van der Waals surface area contributed by atoms with E-state index in [2.05, 4.69) is 70.2 Å². The Morgan fingerprint density at radius 3 is 2.75 bits per heavy atom. The van der Waals surface area contributed by atoms with Gasteiger partial charge in [0.2, 0.25) is 0 Å². The molecule has 1 aliphatic heterocycles. The summed E-state index contributed by atoms with van der Waals surface area (Å²) in [4.78, 5) is 14.6. The Morgan fingerprint density at radius 1 is 1.04 bits per heavy atom. The molecule has 5 rings (SSSR count). The van der Waals surface area contributed by atoms with Crippen molar-refractivity contribution in [2.75, 3.05) is 26.2 Å². The number of likely N-dealkylation sites (tertiary alicyclic amines) is 1. The van der Waals surface area contributed by atoms with E-state index in [9.17, 15) is 4.79 Å². The van der Waals surface area contributed by atoms with E-state index >= 15 is 0 Å². The van der Waals surface area contributed by atoms with Crippen LogP contribution in [0.3, 0.4) is 0 Å². The molecular weight excluding hydrogens is 346 g/mol. The van der Waals surface area contributed by atoms with Gasteiger partial charge in [0.05, 0.1) is 0 Å². The zero-order valence-corrected chi connectivity index (χ0v) is 16.0. The molecule has 4 heteroatoms. The molecule has 0 saturated carbocycles. The van der Waals surface area contributed by atoms with Gasteiger partial charge in [-0.25, -0.2) is 4.79 Å². The predicted octanol–water partition coefficient (Wildman–Crippen LogP) is 2.26. The first kappa shape index (κ1) is 17.3. The highest BCUT2D eigenvalue weighted by molar-refractivity contribution is 5.96. The van der Waals surface area contributed by atoms with E-state index < -0.39 is 0 Å². The molecule has 2 aliphatic carbocycles. The Bertz CT molecular complexity index is 1120. The summed E-state index contributed by atoms with van der Waals surface area (Å²) in [6, 6.07) is 8.67. The first-order valence-electron chi connectivity index (χ1n) is 10.2. The van der Waals surface area contributed by atoms with Crippen molar-refractivity contribution < 1.29 is 4.79 Å². The fourth-order valence-corrected chi connectivity index (χ4v) is 4.50. The Hall–Kier alpha value is -2.85. The van der Waals surface area contributed by atoms with Crippen LogP contribution in [-0.4, -0.2) is 37.1 Å². The number of hydrogen-bond donors (Lipinski definition) is 2. The molecule has 2 aromatic rings. The van der Waals surface area contributed by atoms with Crippen molar-refractivity contribution in [1.82, 2.24) is 15.5 Å². The van der Waals surface area contributed by atoms with Crippen LogP contribution in [0.5, 0.6) is 0 Å². The monoisotopic (exact) mass is 371 g/mol. The molecule has 2 N–H and O–H groups in total. The maximum atomic E-state index is 12.2. The Kier molecular flexibility index (Phi) is 4.49. The molecule has 0 radical (unpaired) electrons. The van der Waals surface area contributed by atoms with Crippen molar-refractivity contribution in [1.29, 1.82) is 0 Å². The highest BCUT2D eigenvalue weighted by Gasteiger charge is 2.13. The molecule has 0 atom stereocenters. The second-order valence-corrected chi connectivity index (χ2v) is 7.76. The van der Waals surface area contributed by atoms with Crippen LogP contribution >= 0.6 is 0 Å². The van der Waals surface area contributed by atoms with Gasteiger partial charge in [0.1, 0.15) is 0 Å². The zero-order valence-electron chi connectivity index (χ0n) is 16.0. The number of nitrogens with one attached hydrogen (secondary N) is 2. The van der Waals surface area contributed by atoms with E-state index in [-0.39, 0.29) is 6.03 Å². The number of nitrogens with zero attached hydrogens (tertiary/aromatic N) is 1. The molecule has 1 fully saturated rings. The summed E-state index contributed by atoms with van der Waals surface area (Å²) in [6.07, 6.45) is 14.0. The van der Waals surface area contributed by atoms with E-state index in [4.69, 9.17) is 0 Å². The van der Waals surface area contributed by atoms with Crippen LogP contribution in [0.2, 0.25) is 0 Å².